The van der Waals surface area contributed by atoms with Gasteiger partial charge in [-0.05, 0) is 32.9 Å². The number of aryl methyl sites for hydroxylation is 1. The number of hydrogen-bond acceptors (Lipinski definition) is 6. The molecule has 9 heteroatoms. The van der Waals surface area contributed by atoms with Gasteiger partial charge in [-0.25, -0.2) is 14.4 Å². The number of aliphatic hydroxyl groups is 1. The van der Waals surface area contributed by atoms with E-state index in [0.29, 0.717) is 24.4 Å². The molecule has 0 aliphatic carbocycles. The predicted molar refractivity (Wildman–Crippen MR) is 110 cm³/mol. The second kappa shape index (κ2) is 7.99. The first-order chi connectivity index (χ1) is 14.7. The summed E-state index contributed by atoms with van der Waals surface area (Å²) in [6.45, 7) is 5.92. The quantitative estimate of drug-likeness (QED) is 0.506. The third kappa shape index (κ3) is 4.22. The van der Waals surface area contributed by atoms with E-state index in [9.17, 15) is 14.3 Å². The highest BCUT2D eigenvalue weighted by atomic mass is 19.1. The second-order valence-electron chi connectivity index (χ2n) is 7.88. The van der Waals surface area contributed by atoms with Crippen LogP contribution in [0.2, 0.25) is 0 Å². The first-order valence-corrected chi connectivity index (χ1v) is 9.86. The van der Waals surface area contributed by atoms with Gasteiger partial charge in [-0.15, -0.1) is 0 Å². The van der Waals surface area contributed by atoms with Crippen molar-refractivity contribution in [1.82, 2.24) is 19.9 Å². The number of H-pyrrole nitrogens is 1. The van der Waals surface area contributed by atoms with Crippen molar-refractivity contribution in [3.8, 4) is 0 Å². The van der Waals surface area contributed by atoms with Crippen LogP contribution in [0.1, 0.15) is 47.4 Å². The Labute approximate surface area is 177 Å². The van der Waals surface area contributed by atoms with Gasteiger partial charge in [0.15, 0.2) is 11.4 Å². The molecule has 1 aliphatic rings. The van der Waals surface area contributed by atoms with Crippen LogP contribution in [-0.4, -0.2) is 37.4 Å². The molecule has 1 amide bonds. The van der Waals surface area contributed by atoms with Crippen molar-refractivity contribution >= 4 is 16.9 Å². The van der Waals surface area contributed by atoms with Gasteiger partial charge < -0.3 is 23.8 Å². The van der Waals surface area contributed by atoms with Gasteiger partial charge >= 0.3 is 0 Å². The molecule has 0 bridgehead atoms. The average Bonchev–Trinajstić information content (AvgIpc) is 3.46. The van der Waals surface area contributed by atoms with Crippen molar-refractivity contribution < 1.29 is 23.1 Å². The topological polar surface area (TPSA) is 108 Å². The summed E-state index contributed by atoms with van der Waals surface area (Å²) in [7, 11) is 0. The van der Waals surface area contributed by atoms with E-state index in [4.69, 9.17) is 8.83 Å². The lowest BCUT2D eigenvalue weighted by Gasteiger charge is -2.25. The monoisotopic (exact) mass is 426 g/mol. The van der Waals surface area contributed by atoms with Crippen LogP contribution in [0.5, 0.6) is 0 Å². The van der Waals surface area contributed by atoms with Crippen LogP contribution in [-0.2, 0) is 18.6 Å². The zero-order valence-corrected chi connectivity index (χ0v) is 17.5. The summed E-state index contributed by atoms with van der Waals surface area (Å²) in [5.41, 5.74) is 1.58. The molecule has 0 atom stereocenters. The van der Waals surface area contributed by atoms with Crippen molar-refractivity contribution in [3.63, 3.8) is 0 Å². The second-order valence-corrected chi connectivity index (χ2v) is 7.88. The Kier molecular flexibility index (Phi) is 5.36. The van der Waals surface area contributed by atoms with Crippen LogP contribution in [0.3, 0.4) is 0 Å². The number of halogens is 1. The van der Waals surface area contributed by atoms with Crippen molar-refractivity contribution in [3.05, 3.63) is 71.4 Å². The Morgan fingerprint density at radius 3 is 2.84 bits per heavy atom. The van der Waals surface area contributed by atoms with Crippen molar-refractivity contribution in [2.45, 2.75) is 39.3 Å². The smallest absolute Gasteiger partial charge is 0.291 e. The molecule has 0 saturated heterocycles. The van der Waals surface area contributed by atoms with Gasteiger partial charge in [-0.3, -0.25) is 4.79 Å². The predicted octanol–water partition coefficient (Wildman–Crippen LogP) is 3.70. The first-order valence-electron chi connectivity index (χ1n) is 9.86. The number of rotatable bonds is 2. The Morgan fingerprint density at radius 2 is 2.13 bits per heavy atom. The van der Waals surface area contributed by atoms with E-state index in [1.165, 1.54) is 12.3 Å². The van der Waals surface area contributed by atoms with Gasteiger partial charge in [0.05, 0.1) is 36.2 Å². The number of aromatic amines is 1. The number of furan rings is 1. The number of aromatic nitrogens is 3. The van der Waals surface area contributed by atoms with Crippen molar-refractivity contribution in [1.29, 1.82) is 0 Å². The molecule has 3 aromatic heterocycles. The maximum atomic E-state index is 12.7. The van der Waals surface area contributed by atoms with Crippen LogP contribution < -0.4 is 0 Å². The zero-order valence-electron chi connectivity index (χ0n) is 17.5. The van der Waals surface area contributed by atoms with Gasteiger partial charge in [0, 0.05) is 18.4 Å². The normalized spacial score (nSPS) is 13.6. The molecule has 1 aliphatic heterocycles. The molecule has 0 radical (unpaired) electrons. The molecule has 0 unspecified atom stereocenters. The zero-order chi connectivity index (χ0) is 22.2. The summed E-state index contributed by atoms with van der Waals surface area (Å²) in [4.78, 5) is 25.7. The fraction of sp³-hybridized carbons (Fsp3) is 0.318. The first kappa shape index (κ1) is 20.8. The number of nitrogens with zero attached hydrogens (tertiary/aromatic N) is 3. The van der Waals surface area contributed by atoms with Crippen LogP contribution in [0.15, 0.2) is 45.7 Å². The Morgan fingerprint density at radius 1 is 1.32 bits per heavy atom. The molecular weight excluding hydrogens is 403 g/mol. The van der Waals surface area contributed by atoms with Crippen LogP contribution in [0.25, 0.3) is 11.0 Å². The van der Waals surface area contributed by atoms with Crippen molar-refractivity contribution in [2.75, 3.05) is 6.54 Å². The van der Waals surface area contributed by atoms with E-state index in [-0.39, 0.29) is 23.4 Å². The fourth-order valence-electron chi connectivity index (χ4n) is 3.34. The molecule has 0 saturated carbocycles. The maximum absolute atomic E-state index is 12.7. The molecule has 1 aromatic carbocycles. The third-order valence-corrected chi connectivity index (χ3v) is 5.01. The number of benzene rings is 1. The number of carbonyl (C=O) groups excluding carboxylic acids is 1. The molecule has 31 heavy (non-hydrogen) atoms. The number of amides is 1. The molecule has 5 rings (SSSR count). The minimum absolute atomic E-state index is 0.155. The van der Waals surface area contributed by atoms with E-state index in [0.717, 1.165) is 23.2 Å². The lowest BCUT2D eigenvalue weighted by atomic mass is 10.1. The van der Waals surface area contributed by atoms with E-state index < -0.39 is 5.60 Å². The number of oxazole rings is 1. The number of hydrogen-bond donors (Lipinski definition) is 2. The summed E-state index contributed by atoms with van der Waals surface area (Å²) in [5, 5.41) is 10.7. The molecule has 4 heterocycles. The SMILES string of the molecule is Cc1nc(C(C)(C)O)oc1C(=O)N1CCc2nc[nH]c2C1.Fc1cccc2ccoc12. The van der Waals surface area contributed by atoms with Gasteiger partial charge in [0.1, 0.15) is 5.60 Å². The van der Waals surface area contributed by atoms with E-state index in [1.807, 2.05) is 6.07 Å². The van der Waals surface area contributed by atoms with E-state index >= 15 is 0 Å². The summed E-state index contributed by atoms with van der Waals surface area (Å²) in [6.07, 6.45) is 3.84. The summed E-state index contributed by atoms with van der Waals surface area (Å²) >= 11 is 0. The van der Waals surface area contributed by atoms with Crippen LogP contribution in [0.4, 0.5) is 4.39 Å². The number of para-hydroxylation sites is 1. The molecule has 4 aromatic rings. The average molecular weight is 426 g/mol. The molecule has 8 nitrogen and oxygen atoms in total. The summed E-state index contributed by atoms with van der Waals surface area (Å²) in [5.74, 6) is -0.170. The Balaban J connectivity index is 0.000000192. The van der Waals surface area contributed by atoms with E-state index in [2.05, 4.69) is 15.0 Å². The number of carbonyl (C=O) groups is 1. The number of fused-ring (bicyclic) bond motifs is 2. The molecular formula is C22H23FN4O4. The van der Waals surface area contributed by atoms with Crippen LogP contribution in [0, 0.1) is 12.7 Å². The van der Waals surface area contributed by atoms with Gasteiger partial charge in [-0.2, -0.15) is 0 Å². The maximum Gasteiger partial charge on any atom is 0.291 e. The number of imidazole rings is 1. The van der Waals surface area contributed by atoms with Crippen molar-refractivity contribution in [2.24, 2.45) is 0 Å². The lowest BCUT2D eigenvalue weighted by molar-refractivity contribution is 0.0447. The molecule has 0 spiro atoms. The minimum Gasteiger partial charge on any atom is -0.461 e. The fourth-order valence-corrected chi connectivity index (χ4v) is 3.34. The van der Waals surface area contributed by atoms with Gasteiger partial charge in [-0.1, -0.05) is 12.1 Å². The molecule has 162 valence electrons. The third-order valence-electron chi connectivity index (χ3n) is 5.01. The molecule has 0 fully saturated rings. The highest BCUT2D eigenvalue weighted by Crippen LogP contribution is 2.24. The largest absolute Gasteiger partial charge is 0.461 e. The van der Waals surface area contributed by atoms with Gasteiger partial charge in [0.2, 0.25) is 11.7 Å². The Bertz CT molecular complexity index is 1220. The highest BCUT2D eigenvalue weighted by molar-refractivity contribution is 5.92. The highest BCUT2D eigenvalue weighted by Gasteiger charge is 2.30. The van der Waals surface area contributed by atoms with Gasteiger partial charge in [0.25, 0.3) is 5.91 Å². The number of nitrogens with one attached hydrogen (secondary N) is 1. The summed E-state index contributed by atoms with van der Waals surface area (Å²) in [6, 6.07) is 6.58. The lowest BCUT2D eigenvalue weighted by Crippen LogP contribution is -2.36. The molecule has 2 N–H and O–H groups in total. The standard InChI is InChI=1S/C14H18N4O3.C8H5FO/c1-8-11(21-13(17-8)14(2,3)20)12(19)18-5-4-9-10(6-18)16-7-15-9;9-7-3-1-2-6-4-5-10-8(6)7/h7,20H,4-6H2,1-3H3,(H,15,16);1-5H. The van der Waals surface area contributed by atoms with E-state index in [1.54, 1.807) is 44.1 Å². The summed E-state index contributed by atoms with van der Waals surface area (Å²) < 4.78 is 23.1. The Hall–Kier alpha value is -3.46. The minimum atomic E-state index is -1.21. The van der Waals surface area contributed by atoms with Crippen LogP contribution >= 0.6 is 0 Å².